The van der Waals surface area contributed by atoms with E-state index in [4.69, 9.17) is 18.9 Å². The van der Waals surface area contributed by atoms with Gasteiger partial charge in [-0.15, -0.1) is 0 Å². The molecule has 0 aromatic heterocycles. The minimum Gasteiger partial charge on any atom is -0.494 e. The van der Waals surface area contributed by atoms with Crippen molar-refractivity contribution in [2.24, 2.45) is 0 Å². The van der Waals surface area contributed by atoms with Crippen molar-refractivity contribution in [2.45, 2.75) is 38.6 Å². The lowest BCUT2D eigenvalue weighted by atomic mass is 9.96. The molecule has 0 spiro atoms. The topological polar surface area (TPSA) is 101 Å². The number of hydrogen-bond acceptors (Lipinski definition) is 8. The quantitative estimate of drug-likeness (QED) is 0.403. The zero-order valence-electron chi connectivity index (χ0n) is 14.4. The molecule has 0 saturated carbocycles. The Kier molecular flexibility index (Phi) is 7.73. The Morgan fingerprint density at radius 1 is 1.25 bits per heavy atom. The Morgan fingerprint density at radius 3 is 2.50 bits per heavy atom. The first-order chi connectivity index (χ1) is 11.4. The van der Waals surface area contributed by atoms with Crippen LogP contribution in [0.25, 0.3) is 0 Å². The highest BCUT2D eigenvalue weighted by Crippen LogP contribution is 2.33. The largest absolute Gasteiger partial charge is 0.511 e. The number of hydrogen-bond donors (Lipinski definition) is 1. The maximum atomic E-state index is 12.1. The fraction of sp³-hybridized carbons (Fsp3) is 0.625. The van der Waals surface area contributed by atoms with Gasteiger partial charge >= 0.3 is 17.9 Å². The third-order valence-electron chi connectivity index (χ3n) is 3.30. The molecule has 8 nitrogen and oxygen atoms in total. The molecule has 2 unspecified atom stereocenters. The van der Waals surface area contributed by atoms with Crippen LogP contribution in [0.5, 0.6) is 0 Å². The third-order valence-corrected chi connectivity index (χ3v) is 3.30. The van der Waals surface area contributed by atoms with Crippen LogP contribution in [0.4, 0.5) is 4.79 Å². The number of methoxy groups -OCH3 is 2. The predicted molar refractivity (Wildman–Crippen MR) is 82.9 cm³/mol. The zero-order chi connectivity index (χ0) is 18.2. The number of ether oxygens (including phenoxy) is 5. The Labute approximate surface area is 141 Å². The van der Waals surface area contributed by atoms with Crippen LogP contribution in [-0.2, 0) is 28.5 Å². The highest BCUT2D eigenvalue weighted by molar-refractivity contribution is 5.92. The van der Waals surface area contributed by atoms with E-state index in [0.717, 1.165) is 12.8 Å². The molecule has 24 heavy (non-hydrogen) atoms. The Bertz CT molecular complexity index is 510. The summed E-state index contributed by atoms with van der Waals surface area (Å²) in [5, 5.41) is 10.7. The normalized spacial score (nSPS) is 23.0. The molecule has 2 atom stereocenters. The maximum Gasteiger partial charge on any atom is 0.511 e. The molecule has 8 heteroatoms. The summed E-state index contributed by atoms with van der Waals surface area (Å²) in [7, 11) is 2.56. The smallest absolute Gasteiger partial charge is 0.494 e. The van der Waals surface area contributed by atoms with E-state index in [1.54, 1.807) is 6.92 Å². The van der Waals surface area contributed by atoms with E-state index in [-0.39, 0.29) is 24.5 Å². The van der Waals surface area contributed by atoms with Gasteiger partial charge in [0.15, 0.2) is 5.76 Å². The van der Waals surface area contributed by atoms with Crippen molar-refractivity contribution in [3.63, 3.8) is 0 Å². The minimum atomic E-state index is -2.25. The number of aliphatic hydroxyl groups is 1. The van der Waals surface area contributed by atoms with E-state index in [1.807, 2.05) is 6.92 Å². The van der Waals surface area contributed by atoms with Gasteiger partial charge in [-0.3, -0.25) is 0 Å². The molecule has 136 valence electrons. The molecule has 1 aliphatic carbocycles. The molecule has 1 aliphatic rings. The maximum absolute atomic E-state index is 12.1. The van der Waals surface area contributed by atoms with E-state index >= 15 is 0 Å². The Morgan fingerprint density at radius 2 is 1.96 bits per heavy atom. The summed E-state index contributed by atoms with van der Waals surface area (Å²) in [6, 6.07) is 0. The lowest BCUT2D eigenvalue weighted by molar-refractivity contribution is -0.221. The lowest BCUT2D eigenvalue weighted by Crippen LogP contribution is -2.50. The number of unbranched alkanes of at least 4 members (excludes halogenated alkanes) is 1. The van der Waals surface area contributed by atoms with Crippen molar-refractivity contribution in [3.05, 3.63) is 23.5 Å². The van der Waals surface area contributed by atoms with Crippen LogP contribution < -0.4 is 0 Å². The van der Waals surface area contributed by atoms with Crippen LogP contribution in [0.15, 0.2) is 23.5 Å². The molecular formula is C16H24O8. The summed E-state index contributed by atoms with van der Waals surface area (Å²) in [6.07, 6.45) is 1.91. The summed E-state index contributed by atoms with van der Waals surface area (Å²) in [5.41, 5.74) is 0.131. The van der Waals surface area contributed by atoms with Gasteiger partial charge in [0.2, 0.25) is 0 Å². The van der Waals surface area contributed by atoms with Crippen molar-refractivity contribution in [2.75, 3.05) is 27.4 Å². The molecule has 0 aromatic rings. The zero-order valence-corrected chi connectivity index (χ0v) is 14.4. The van der Waals surface area contributed by atoms with Gasteiger partial charge in [-0.1, -0.05) is 13.3 Å². The van der Waals surface area contributed by atoms with Gasteiger partial charge in [0.05, 0.1) is 25.9 Å². The van der Waals surface area contributed by atoms with E-state index < -0.39 is 24.0 Å². The van der Waals surface area contributed by atoms with Crippen LogP contribution in [0.3, 0.4) is 0 Å². The summed E-state index contributed by atoms with van der Waals surface area (Å²) < 4.78 is 24.9. The molecule has 0 fully saturated rings. The molecular weight excluding hydrogens is 320 g/mol. The van der Waals surface area contributed by atoms with Crippen LogP contribution in [0.2, 0.25) is 0 Å². The van der Waals surface area contributed by atoms with Gasteiger partial charge in [-0.2, -0.15) is 0 Å². The standard InChI is InChI=1S/C16H24O8/c1-5-7-8-23-14(17)11-9-12(20-3)16(19,13(10-11)21-4)24-15(18)22-6-2/h9-10,12,19H,5-8H2,1-4H3. The number of carbonyl (C=O) groups is 2. The number of carbonyl (C=O) groups excluding carboxylic acids is 2. The average molecular weight is 344 g/mol. The van der Waals surface area contributed by atoms with Crippen LogP contribution in [0, 0.1) is 0 Å². The van der Waals surface area contributed by atoms with Gasteiger partial charge in [0.25, 0.3) is 0 Å². The van der Waals surface area contributed by atoms with Crippen molar-refractivity contribution in [1.29, 1.82) is 0 Å². The molecule has 0 heterocycles. The van der Waals surface area contributed by atoms with Gasteiger partial charge in [-0.25, -0.2) is 9.59 Å². The molecule has 0 amide bonds. The van der Waals surface area contributed by atoms with E-state index in [1.165, 1.54) is 26.4 Å². The monoisotopic (exact) mass is 344 g/mol. The first-order valence-electron chi connectivity index (χ1n) is 7.68. The second-order valence-corrected chi connectivity index (χ2v) is 4.96. The molecule has 0 aliphatic heterocycles. The summed E-state index contributed by atoms with van der Waals surface area (Å²) in [6.45, 7) is 3.93. The van der Waals surface area contributed by atoms with Gasteiger partial charge < -0.3 is 28.8 Å². The third kappa shape index (κ3) is 4.72. The summed E-state index contributed by atoms with van der Waals surface area (Å²) in [5.74, 6) is -3.01. The molecule has 0 aromatic carbocycles. The van der Waals surface area contributed by atoms with Crippen LogP contribution in [-0.4, -0.2) is 56.6 Å². The first-order valence-corrected chi connectivity index (χ1v) is 7.68. The fourth-order valence-electron chi connectivity index (χ4n) is 2.04. The van der Waals surface area contributed by atoms with Crippen LogP contribution in [0.1, 0.15) is 26.7 Å². The highest BCUT2D eigenvalue weighted by atomic mass is 16.8. The average Bonchev–Trinajstić information content (AvgIpc) is 2.54. The van der Waals surface area contributed by atoms with Crippen molar-refractivity contribution in [1.82, 2.24) is 0 Å². The molecule has 1 N–H and O–H groups in total. The number of esters is 1. The molecule has 0 radical (unpaired) electrons. The van der Waals surface area contributed by atoms with Gasteiger partial charge in [-0.05, 0) is 25.5 Å². The van der Waals surface area contributed by atoms with E-state index in [9.17, 15) is 14.7 Å². The first kappa shape index (κ1) is 20.0. The van der Waals surface area contributed by atoms with E-state index in [2.05, 4.69) is 4.74 Å². The minimum absolute atomic E-state index is 0.0729. The van der Waals surface area contributed by atoms with Crippen molar-refractivity contribution in [3.8, 4) is 0 Å². The van der Waals surface area contributed by atoms with E-state index in [0.29, 0.717) is 0 Å². The predicted octanol–water partition coefficient (Wildman–Crippen LogP) is 1.68. The Hall–Kier alpha value is -2.06. The fourth-order valence-corrected chi connectivity index (χ4v) is 2.04. The second kappa shape index (κ2) is 9.29. The molecule has 1 rings (SSSR count). The van der Waals surface area contributed by atoms with Crippen molar-refractivity contribution < 1.29 is 38.4 Å². The summed E-state index contributed by atoms with van der Waals surface area (Å²) in [4.78, 5) is 23.6. The molecule has 0 saturated heterocycles. The van der Waals surface area contributed by atoms with Crippen molar-refractivity contribution >= 4 is 12.1 Å². The number of rotatable bonds is 8. The van der Waals surface area contributed by atoms with Gasteiger partial charge in [0.1, 0.15) is 6.10 Å². The SMILES string of the molecule is CCCCOC(=O)C1=CC(OC)C(O)(OC(=O)OCC)C(OC)=C1. The Balaban J connectivity index is 3.01. The summed E-state index contributed by atoms with van der Waals surface area (Å²) >= 11 is 0. The highest BCUT2D eigenvalue weighted by Gasteiger charge is 2.49. The second-order valence-electron chi connectivity index (χ2n) is 4.96. The van der Waals surface area contributed by atoms with Crippen LogP contribution >= 0.6 is 0 Å². The lowest BCUT2D eigenvalue weighted by Gasteiger charge is -2.35. The van der Waals surface area contributed by atoms with Gasteiger partial charge in [0, 0.05) is 7.11 Å². The molecule has 0 bridgehead atoms.